The molecule has 1 aromatic rings. The first kappa shape index (κ1) is 15.0. The molecule has 0 heterocycles. The maximum atomic E-state index is 13.5. The zero-order valence-corrected chi connectivity index (χ0v) is 11.6. The molecule has 0 saturated heterocycles. The molecule has 1 unspecified atom stereocenters. The number of unbranched alkanes of at least 4 members (excludes halogenated alkanes) is 1. The smallest absolute Gasteiger partial charge is 0.227 e. The van der Waals surface area contributed by atoms with Crippen LogP contribution in [0.2, 0.25) is 5.02 Å². The number of benzene rings is 1. The lowest BCUT2D eigenvalue weighted by Gasteiger charge is -2.15. The zero-order chi connectivity index (χ0) is 13.5. The molecular formula is C14H19ClFNO. The van der Waals surface area contributed by atoms with E-state index in [1.807, 2.05) is 6.92 Å². The molecule has 1 atom stereocenters. The van der Waals surface area contributed by atoms with E-state index in [0.29, 0.717) is 5.02 Å². The Bertz CT molecular complexity index is 409. The van der Waals surface area contributed by atoms with Gasteiger partial charge in [-0.2, -0.15) is 0 Å². The van der Waals surface area contributed by atoms with Gasteiger partial charge >= 0.3 is 0 Å². The molecule has 4 heteroatoms. The Labute approximate surface area is 113 Å². The highest BCUT2D eigenvalue weighted by Crippen LogP contribution is 2.21. The van der Waals surface area contributed by atoms with Crippen molar-refractivity contribution in [2.45, 2.75) is 39.5 Å². The molecule has 2 nitrogen and oxygen atoms in total. The van der Waals surface area contributed by atoms with E-state index in [9.17, 15) is 9.18 Å². The van der Waals surface area contributed by atoms with Crippen LogP contribution in [-0.2, 0) is 4.79 Å². The van der Waals surface area contributed by atoms with Crippen molar-refractivity contribution in [2.75, 3.05) is 5.32 Å². The molecule has 1 aromatic carbocycles. The molecule has 0 bridgehead atoms. The second-order valence-electron chi connectivity index (χ2n) is 4.36. The molecule has 0 spiro atoms. The number of nitrogens with one attached hydrogen (secondary N) is 1. The predicted molar refractivity (Wildman–Crippen MR) is 73.3 cm³/mol. The minimum Gasteiger partial charge on any atom is -0.323 e. The van der Waals surface area contributed by atoms with E-state index < -0.39 is 5.82 Å². The van der Waals surface area contributed by atoms with E-state index in [1.165, 1.54) is 12.1 Å². The van der Waals surface area contributed by atoms with Gasteiger partial charge in [-0.15, -0.1) is 0 Å². The van der Waals surface area contributed by atoms with Crippen LogP contribution >= 0.6 is 11.6 Å². The fourth-order valence-electron chi connectivity index (χ4n) is 1.80. The first-order valence-electron chi connectivity index (χ1n) is 6.34. The lowest BCUT2D eigenvalue weighted by Crippen LogP contribution is -2.22. The number of carbonyl (C=O) groups excluding carboxylic acids is 1. The second kappa shape index (κ2) is 7.37. The number of amides is 1. The molecule has 1 N–H and O–H groups in total. The van der Waals surface area contributed by atoms with Crippen LogP contribution in [0.5, 0.6) is 0 Å². The molecule has 0 aliphatic rings. The largest absolute Gasteiger partial charge is 0.323 e. The van der Waals surface area contributed by atoms with E-state index in [-0.39, 0.29) is 17.5 Å². The summed E-state index contributed by atoms with van der Waals surface area (Å²) in [6, 6.07) is 4.25. The van der Waals surface area contributed by atoms with Crippen molar-refractivity contribution in [3.8, 4) is 0 Å². The maximum absolute atomic E-state index is 13.5. The Kier molecular flexibility index (Phi) is 6.13. The summed E-state index contributed by atoms with van der Waals surface area (Å²) in [5.74, 6) is -0.673. The molecule has 0 radical (unpaired) electrons. The monoisotopic (exact) mass is 271 g/mol. The Hall–Kier alpha value is -1.09. The first-order chi connectivity index (χ1) is 8.58. The highest BCUT2D eigenvalue weighted by molar-refractivity contribution is 6.30. The summed E-state index contributed by atoms with van der Waals surface area (Å²) >= 11 is 5.66. The quantitative estimate of drug-likeness (QED) is 0.803. The van der Waals surface area contributed by atoms with E-state index >= 15 is 0 Å². The summed E-state index contributed by atoms with van der Waals surface area (Å²) in [6.07, 6.45) is 3.67. The molecule has 18 heavy (non-hydrogen) atoms. The normalized spacial score (nSPS) is 12.2. The van der Waals surface area contributed by atoms with Crippen molar-refractivity contribution in [3.63, 3.8) is 0 Å². The molecule has 1 rings (SSSR count). The fraction of sp³-hybridized carbons (Fsp3) is 0.500. The third-order valence-electron chi connectivity index (χ3n) is 2.96. The Morgan fingerprint density at radius 2 is 2.17 bits per heavy atom. The third-order valence-corrected chi connectivity index (χ3v) is 3.19. The van der Waals surface area contributed by atoms with Crippen LogP contribution in [0.15, 0.2) is 18.2 Å². The first-order valence-corrected chi connectivity index (χ1v) is 6.72. The molecule has 0 aliphatic heterocycles. The van der Waals surface area contributed by atoms with E-state index in [1.54, 1.807) is 6.07 Å². The minimum atomic E-state index is -0.499. The van der Waals surface area contributed by atoms with Crippen LogP contribution in [0, 0.1) is 11.7 Å². The van der Waals surface area contributed by atoms with Crippen molar-refractivity contribution < 1.29 is 9.18 Å². The van der Waals surface area contributed by atoms with Crippen LogP contribution < -0.4 is 5.32 Å². The average molecular weight is 272 g/mol. The Balaban J connectivity index is 2.67. The van der Waals surface area contributed by atoms with Gasteiger partial charge in [0.05, 0.1) is 5.69 Å². The van der Waals surface area contributed by atoms with Crippen molar-refractivity contribution in [1.82, 2.24) is 0 Å². The van der Waals surface area contributed by atoms with Gasteiger partial charge in [0, 0.05) is 10.9 Å². The van der Waals surface area contributed by atoms with E-state index in [2.05, 4.69) is 12.2 Å². The van der Waals surface area contributed by atoms with Gasteiger partial charge in [-0.05, 0) is 31.0 Å². The minimum absolute atomic E-state index is 0.0555. The standard InChI is InChI=1S/C14H19ClFNO/c1-3-5-6-10(4-2)14(18)17-13-8-7-11(15)9-12(13)16/h7-10H,3-6H2,1-2H3,(H,17,18). The average Bonchev–Trinajstić information content (AvgIpc) is 2.34. The second-order valence-corrected chi connectivity index (χ2v) is 4.80. The molecule has 0 saturated carbocycles. The van der Waals surface area contributed by atoms with Gasteiger partial charge in [-0.25, -0.2) is 4.39 Å². The Morgan fingerprint density at radius 3 is 2.72 bits per heavy atom. The molecule has 1 amide bonds. The van der Waals surface area contributed by atoms with E-state index in [4.69, 9.17) is 11.6 Å². The fourth-order valence-corrected chi connectivity index (χ4v) is 1.96. The topological polar surface area (TPSA) is 29.1 Å². The van der Waals surface area contributed by atoms with E-state index in [0.717, 1.165) is 25.7 Å². The van der Waals surface area contributed by atoms with Crippen molar-refractivity contribution >= 4 is 23.2 Å². The van der Waals surface area contributed by atoms with Crippen molar-refractivity contribution in [2.24, 2.45) is 5.92 Å². The Morgan fingerprint density at radius 1 is 1.44 bits per heavy atom. The summed E-state index contributed by atoms with van der Waals surface area (Å²) < 4.78 is 13.5. The zero-order valence-electron chi connectivity index (χ0n) is 10.8. The van der Waals surface area contributed by atoms with Crippen LogP contribution in [0.25, 0.3) is 0 Å². The summed E-state index contributed by atoms with van der Waals surface area (Å²) in [5, 5.41) is 2.95. The summed E-state index contributed by atoms with van der Waals surface area (Å²) in [6.45, 7) is 4.06. The van der Waals surface area contributed by atoms with Gasteiger partial charge in [0.25, 0.3) is 0 Å². The molecule has 0 fully saturated rings. The molecular weight excluding hydrogens is 253 g/mol. The van der Waals surface area contributed by atoms with Crippen molar-refractivity contribution in [3.05, 3.63) is 29.0 Å². The number of hydrogen-bond donors (Lipinski definition) is 1. The van der Waals surface area contributed by atoms with Gasteiger partial charge in [-0.3, -0.25) is 4.79 Å². The van der Waals surface area contributed by atoms with Gasteiger partial charge < -0.3 is 5.32 Å². The van der Waals surface area contributed by atoms with Gasteiger partial charge in [0.2, 0.25) is 5.91 Å². The summed E-state index contributed by atoms with van der Waals surface area (Å²) in [7, 11) is 0. The number of hydrogen-bond acceptors (Lipinski definition) is 1. The van der Waals surface area contributed by atoms with Crippen molar-refractivity contribution in [1.29, 1.82) is 0 Å². The van der Waals surface area contributed by atoms with Crippen LogP contribution in [-0.4, -0.2) is 5.91 Å². The number of carbonyl (C=O) groups is 1. The highest BCUT2D eigenvalue weighted by Gasteiger charge is 2.17. The highest BCUT2D eigenvalue weighted by atomic mass is 35.5. The SMILES string of the molecule is CCCCC(CC)C(=O)Nc1ccc(Cl)cc1F. The number of halogens is 2. The maximum Gasteiger partial charge on any atom is 0.227 e. The molecule has 0 aromatic heterocycles. The van der Waals surface area contributed by atoms with Crippen LogP contribution in [0.3, 0.4) is 0 Å². The lowest BCUT2D eigenvalue weighted by molar-refractivity contribution is -0.120. The third kappa shape index (κ3) is 4.30. The lowest BCUT2D eigenvalue weighted by atomic mass is 9.98. The molecule has 0 aliphatic carbocycles. The summed E-state index contributed by atoms with van der Waals surface area (Å²) in [4.78, 5) is 12.0. The van der Waals surface area contributed by atoms with Gasteiger partial charge in [0.15, 0.2) is 0 Å². The van der Waals surface area contributed by atoms with Crippen LogP contribution in [0.1, 0.15) is 39.5 Å². The predicted octanol–water partition coefficient (Wildman–Crippen LogP) is 4.63. The van der Waals surface area contributed by atoms with Gasteiger partial charge in [-0.1, -0.05) is 38.3 Å². The number of anilines is 1. The van der Waals surface area contributed by atoms with Gasteiger partial charge in [0.1, 0.15) is 5.82 Å². The van der Waals surface area contributed by atoms with Crippen LogP contribution in [0.4, 0.5) is 10.1 Å². The molecule has 100 valence electrons. The number of rotatable bonds is 6. The summed E-state index contributed by atoms with van der Waals surface area (Å²) in [5.41, 5.74) is 0.194.